The Balaban J connectivity index is 2.95. The number of carbonyl (C=O) groups is 1. The van der Waals surface area contributed by atoms with Gasteiger partial charge in [-0.1, -0.05) is 0 Å². The summed E-state index contributed by atoms with van der Waals surface area (Å²) in [4.78, 5) is 11.5. The fourth-order valence-corrected chi connectivity index (χ4v) is 1.24. The zero-order valence-corrected chi connectivity index (χ0v) is 9.32. The Morgan fingerprint density at radius 3 is 2.67 bits per heavy atom. The molecule has 0 saturated carbocycles. The summed E-state index contributed by atoms with van der Waals surface area (Å²) in [6, 6.07) is 0. The molecule has 0 atom stereocenters. The van der Waals surface area contributed by atoms with Crippen LogP contribution in [0.4, 0.5) is 0 Å². The van der Waals surface area contributed by atoms with Crippen molar-refractivity contribution in [2.75, 3.05) is 13.2 Å². The van der Waals surface area contributed by atoms with Gasteiger partial charge in [0.2, 0.25) is 5.88 Å². The van der Waals surface area contributed by atoms with Gasteiger partial charge in [0, 0.05) is 6.54 Å². The van der Waals surface area contributed by atoms with Crippen molar-refractivity contribution >= 4 is 5.97 Å². The largest absolute Gasteiger partial charge is 0.478 e. The van der Waals surface area contributed by atoms with Crippen molar-refractivity contribution in [1.29, 1.82) is 0 Å². The molecule has 0 spiro atoms. The van der Waals surface area contributed by atoms with Crippen LogP contribution in [0.3, 0.4) is 0 Å². The number of rotatable bonds is 5. The van der Waals surface area contributed by atoms with Crippen molar-refractivity contribution in [3.63, 3.8) is 0 Å². The third-order valence-corrected chi connectivity index (χ3v) is 1.87. The lowest BCUT2D eigenvalue weighted by Crippen LogP contribution is -2.09. The molecule has 0 unspecified atom stereocenters. The van der Waals surface area contributed by atoms with Crippen LogP contribution >= 0.6 is 0 Å². The first-order chi connectivity index (χ1) is 7.24. The van der Waals surface area contributed by atoms with Gasteiger partial charge in [-0.3, -0.25) is 0 Å². The number of nitrogens with zero attached hydrogens (tertiary/aromatic N) is 2. The Labute approximate surface area is 89.0 Å². The predicted octanol–water partition coefficient (Wildman–Crippen LogP) is 1.48. The zero-order valence-electron chi connectivity index (χ0n) is 9.32. The highest BCUT2D eigenvalue weighted by molar-refractivity contribution is 5.91. The van der Waals surface area contributed by atoms with Crippen LogP contribution in [-0.4, -0.2) is 29.0 Å². The quantitative estimate of drug-likeness (QED) is 0.694. The van der Waals surface area contributed by atoms with E-state index in [1.54, 1.807) is 11.6 Å². The Morgan fingerprint density at radius 1 is 1.40 bits per heavy atom. The van der Waals surface area contributed by atoms with Crippen molar-refractivity contribution in [3.8, 4) is 5.88 Å². The monoisotopic (exact) mass is 212 g/mol. The summed E-state index contributed by atoms with van der Waals surface area (Å²) in [5.74, 6) is 0.0964. The normalized spacial score (nSPS) is 10.1. The number of esters is 1. The minimum absolute atomic E-state index is 0.349. The van der Waals surface area contributed by atoms with E-state index in [0.29, 0.717) is 31.2 Å². The van der Waals surface area contributed by atoms with E-state index in [4.69, 9.17) is 9.47 Å². The summed E-state index contributed by atoms with van der Waals surface area (Å²) in [5, 5.41) is 4.05. The molecule has 0 amide bonds. The lowest BCUT2D eigenvalue weighted by Gasteiger charge is -2.07. The van der Waals surface area contributed by atoms with Gasteiger partial charge in [0.05, 0.1) is 19.4 Å². The average molecular weight is 212 g/mol. The molecule has 0 aliphatic heterocycles. The summed E-state index contributed by atoms with van der Waals surface area (Å²) in [5.41, 5.74) is 0.389. The lowest BCUT2D eigenvalue weighted by atomic mass is 10.3. The van der Waals surface area contributed by atoms with Gasteiger partial charge in [-0.05, 0) is 20.8 Å². The molecule has 0 bridgehead atoms. The number of aromatic nitrogens is 2. The van der Waals surface area contributed by atoms with Crippen LogP contribution in [-0.2, 0) is 11.3 Å². The summed E-state index contributed by atoms with van der Waals surface area (Å²) >= 11 is 0. The second kappa shape index (κ2) is 5.38. The van der Waals surface area contributed by atoms with E-state index in [0.717, 1.165) is 0 Å². The summed E-state index contributed by atoms with van der Waals surface area (Å²) < 4.78 is 11.9. The number of hydrogen-bond donors (Lipinski definition) is 0. The van der Waals surface area contributed by atoms with Crippen LogP contribution in [0.5, 0.6) is 5.88 Å². The highest BCUT2D eigenvalue weighted by atomic mass is 16.5. The van der Waals surface area contributed by atoms with E-state index in [-0.39, 0.29) is 5.97 Å². The summed E-state index contributed by atoms with van der Waals surface area (Å²) in [6.07, 6.45) is 1.48. The van der Waals surface area contributed by atoms with Gasteiger partial charge in [0.1, 0.15) is 5.56 Å². The Bertz CT molecular complexity index is 333. The molecule has 0 fully saturated rings. The molecule has 1 heterocycles. The molecule has 0 aromatic carbocycles. The summed E-state index contributed by atoms with van der Waals surface area (Å²) in [6.45, 7) is 7.07. The number of aryl methyl sites for hydroxylation is 1. The number of hydrogen-bond acceptors (Lipinski definition) is 4. The van der Waals surface area contributed by atoms with Gasteiger partial charge in [0.15, 0.2) is 0 Å². The fraction of sp³-hybridized carbons (Fsp3) is 0.600. The van der Waals surface area contributed by atoms with Gasteiger partial charge in [-0.25, -0.2) is 9.48 Å². The first kappa shape index (κ1) is 11.6. The minimum atomic E-state index is -0.388. The zero-order chi connectivity index (χ0) is 11.3. The molecule has 1 aromatic rings. The maximum atomic E-state index is 11.5. The van der Waals surface area contributed by atoms with Crippen molar-refractivity contribution in [3.05, 3.63) is 11.8 Å². The van der Waals surface area contributed by atoms with Crippen molar-refractivity contribution < 1.29 is 14.3 Å². The molecule has 84 valence electrons. The minimum Gasteiger partial charge on any atom is -0.478 e. The highest BCUT2D eigenvalue weighted by Crippen LogP contribution is 2.19. The van der Waals surface area contributed by atoms with E-state index in [1.165, 1.54) is 6.20 Å². The molecule has 5 nitrogen and oxygen atoms in total. The van der Waals surface area contributed by atoms with Crippen LogP contribution in [0.2, 0.25) is 0 Å². The van der Waals surface area contributed by atoms with Crippen LogP contribution in [0.1, 0.15) is 31.1 Å². The molecule has 5 heteroatoms. The molecule has 0 saturated heterocycles. The van der Waals surface area contributed by atoms with E-state index in [2.05, 4.69) is 5.10 Å². The molecule has 1 aromatic heterocycles. The Hall–Kier alpha value is -1.52. The van der Waals surface area contributed by atoms with Crippen LogP contribution in [0.25, 0.3) is 0 Å². The predicted molar refractivity (Wildman–Crippen MR) is 55.0 cm³/mol. The molecule has 0 radical (unpaired) electrons. The molecular formula is C10H16N2O3. The van der Waals surface area contributed by atoms with Gasteiger partial charge in [-0.2, -0.15) is 5.10 Å². The molecule has 0 aliphatic rings. The first-order valence-electron chi connectivity index (χ1n) is 5.10. The molecule has 15 heavy (non-hydrogen) atoms. The molecule has 0 aliphatic carbocycles. The number of carbonyl (C=O) groups excluding carboxylic acids is 1. The van der Waals surface area contributed by atoms with E-state index >= 15 is 0 Å². The smallest absolute Gasteiger partial charge is 0.345 e. The van der Waals surface area contributed by atoms with Crippen molar-refractivity contribution in [1.82, 2.24) is 9.78 Å². The highest BCUT2D eigenvalue weighted by Gasteiger charge is 2.18. The molecule has 0 N–H and O–H groups in total. The third kappa shape index (κ3) is 2.49. The Kier molecular flexibility index (Phi) is 4.15. The third-order valence-electron chi connectivity index (χ3n) is 1.87. The van der Waals surface area contributed by atoms with E-state index < -0.39 is 0 Å². The maximum Gasteiger partial charge on any atom is 0.345 e. The van der Waals surface area contributed by atoms with Gasteiger partial charge < -0.3 is 9.47 Å². The van der Waals surface area contributed by atoms with E-state index in [9.17, 15) is 4.79 Å². The van der Waals surface area contributed by atoms with Crippen LogP contribution < -0.4 is 4.74 Å². The van der Waals surface area contributed by atoms with E-state index in [1.807, 2.05) is 13.8 Å². The lowest BCUT2D eigenvalue weighted by molar-refractivity contribution is 0.0521. The molecule has 1 rings (SSSR count). The fourth-order valence-electron chi connectivity index (χ4n) is 1.24. The maximum absolute atomic E-state index is 11.5. The van der Waals surface area contributed by atoms with Gasteiger partial charge in [-0.15, -0.1) is 0 Å². The summed E-state index contributed by atoms with van der Waals surface area (Å²) in [7, 11) is 0. The van der Waals surface area contributed by atoms with Crippen molar-refractivity contribution in [2.45, 2.75) is 27.3 Å². The average Bonchev–Trinajstić information content (AvgIpc) is 2.62. The van der Waals surface area contributed by atoms with Crippen molar-refractivity contribution in [2.24, 2.45) is 0 Å². The number of ether oxygens (including phenoxy) is 2. The van der Waals surface area contributed by atoms with Gasteiger partial charge in [0.25, 0.3) is 0 Å². The standard InChI is InChI=1S/C10H16N2O3/c1-4-12-9(14-5-2)8(7-11-12)10(13)15-6-3/h7H,4-6H2,1-3H3. The topological polar surface area (TPSA) is 53.3 Å². The van der Waals surface area contributed by atoms with Crippen LogP contribution in [0.15, 0.2) is 6.20 Å². The Morgan fingerprint density at radius 2 is 2.13 bits per heavy atom. The second-order valence-corrected chi connectivity index (χ2v) is 2.83. The van der Waals surface area contributed by atoms with Gasteiger partial charge >= 0.3 is 5.97 Å². The molecular weight excluding hydrogens is 196 g/mol. The van der Waals surface area contributed by atoms with Crippen LogP contribution in [0, 0.1) is 0 Å². The first-order valence-corrected chi connectivity index (χ1v) is 5.10. The SMILES string of the molecule is CCOC(=O)c1cnn(CC)c1OCC. The second-order valence-electron chi connectivity index (χ2n) is 2.83.